The fourth-order valence-electron chi connectivity index (χ4n) is 3.30. The number of ether oxygens (including phenoxy) is 1. The average Bonchev–Trinajstić information content (AvgIpc) is 2.84. The lowest BCUT2D eigenvalue weighted by Gasteiger charge is -2.49. The van der Waals surface area contributed by atoms with Gasteiger partial charge in [-0.1, -0.05) is 18.9 Å². The molecule has 0 bridgehead atoms. The lowest BCUT2D eigenvalue weighted by Crippen LogP contribution is -2.55. The molecule has 1 saturated carbocycles. The maximum absolute atomic E-state index is 10.5. The first-order valence-electron chi connectivity index (χ1n) is 6.87. The van der Waals surface area contributed by atoms with Crippen molar-refractivity contribution in [1.82, 2.24) is 0 Å². The second-order valence-corrected chi connectivity index (χ2v) is 5.74. The molecule has 1 aromatic carbocycles. The smallest absolute Gasteiger partial charge is 0.341 e. The van der Waals surface area contributed by atoms with Crippen LogP contribution in [0.15, 0.2) is 24.3 Å². The summed E-state index contributed by atoms with van der Waals surface area (Å²) in [7, 11) is 0. The lowest BCUT2D eigenvalue weighted by atomic mass is 9.78. The molecule has 2 aliphatic rings. The van der Waals surface area contributed by atoms with Crippen molar-refractivity contribution in [2.45, 2.75) is 25.7 Å². The standard InChI is InChI=1S/C15H19NO3/c17-14(18)9-19-13-5-3-4-12(8-13)16-10-15(11-16)6-1-2-7-15/h3-5,8H,1-2,6-7,9-11H2,(H,17,18). The molecule has 1 heterocycles. The monoisotopic (exact) mass is 261 g/mol. The molecule has 1 spiro atoms. The summed E-state index contributed by atoms with van der Waals surface area (Å²) in [6, 6.07) is 7.73. The molecule has 4 heteroatoms. The van der Waals surface area contributed by atoms with Gasteiger partial charge in [-0.25, -0.2) is 4.79 Å². The van der Waals surface area contributed by atoms with E-state index in [1.165, 1.54) is 25.7 Å². The number of aliphatic carboxylic acids is 1. The number of nitrogens with zero attached hydrogens (tertiary/aromatic N) is 1. The number of hydrogen-bond acceptors (Lipinski definition) is 3. The highest BCUT2D eigenvalue weighted by molar-refractivity contribution is 5.68. The van der Waals surface area contributed by atoms with Crippen LogP contribution >= 0.6 is 0 Å². The molecule has 0 atom stereocenters. The summed E-state index contributed by atoms with van der Waals surface area (Å²) >= 11 is 0. The molecule has 1 aliphatic carbocycles. The number of hydrogen-bond donors (Lipinski definition) is 1. The largest absolute Gasteiger partial charge is 0.482 e. The predicted molar refractivity (Wildman–Crippen MR) is 72.7 cm³/mol. The van der Waals surface area contributed by atoms with Crippen LogP contribution in [0.2, 0.25) is 0 Å². The highest BCUT2D eigenvalue weighted by atomic mass is 16.5. The summed E-state index contributed by atoms with van der Waals surface area (Å²) in [5.74, 6) is -0.313. The van der Waals surface area contributed by atoms with Gasteiger partial charge in [0, 0.05) is 30.3 Å². The Bertz CT molecular complexity index is 472. The van der Waals surface area contributed by atoms with Gasteiger partial charge >= 0.3 is 5.97 Å². The predicted octanol–water partition coefficient (Wildman–Crippen LogP) is 2.53. The van der Waals surface area contributed by atoms with Gasteiger partial charge in [-0.15, -0.1) is 0 Å². The Morgan fingerprint density at radius 3 is 2.74 bits per heavy atom. The minimum atomic E-state index is -0.945. The zero-order valence-electron chi connectivity index (χ0n) is 11.0. The van der Waals surface area contributed by atoms with Gasteiger partial charge in [0.25, 0.3) is 0 Å². The molecular formula is C15H19NO3. The first-order chi connectivity index (χ1) is 9.17. The number of carbonyl (C=O) groups is 1. The highest BCUT2D eigenvalue weighted by Gasteiger charge is 2.44. The van der Waals surface area contributed by atoms with Crippen molar-refractivity contribution in [3.8, 4) is 5.75 Å². The van der Waals surface area contributed by atoms with Crippen LogP contribution in [0.5, 0.6) is 5.75 Å². The van der Waals surface area contributed by atoms with Gasteiger partial charge in [-0.05, 0) is 25.0 Å². The van der Waals surface area contributed by atoms with E-state index < -0.39 is 5.97 Å². The molecule has 1 saturated heterocycles. The van der Waals surface area contributed by atoms with E-state index in [-0.39, 0.29) is 6.61 Å². The molecule has 19 heavy (non-hydrogen) atoms. The van der Waals surface area contributed by atoms with Crippen LogP contribution in [0.1, 0.15) is 25.7 Å². The quantitative estimate of drug-likeness (QED) is 0.905. The van der Waals surface area contributed by atoms with Crippen LogP contribution in [0.3, 0.4) is 0 Å². The maximum Gasteiger partial charge on any atom is 0.341 e. The van der Waals surface area contributed by atoms with E-state index in [1.807, 2.05) is 12.1 Å². The fraction of sp³-hybridized carbons (Fsp3) is 0.533. The summed E-state index contributed by atoms with van der Waals surface area (Å²) in [5, 5.41) is 8.61. The molecular weight excluding hydrogens is 242 g/mol. The van der Waals surface area contributed by atoms with Crippen LogP contribution in [0, 0.1) is 5.41 Å². The molecule has 1 aromatic rings. The highest BCUT2D eigenvalue weighted by Crippen LogP contribution is 2.47. The molecule has 4 nitrogen and oxygen atoms in total. The van der Waals surface area contributed by atoms with Crippen molar-refractivity contribution in [2.75, 3.05) is 24.6 Å². The van der Waals surface area contributed by atoms with E-state index in [4.69, 9.17) is 9.84 Å². The summed E-state index contributed by atoms with van der Waals surface area (Å²) in [6.07, 6.45) is 5.46. The normalized spacial score (nSPS) is 20.3. The van der Waals surface area contributed by atoms with Crippen LogP contribution < -0.4 is 9.64 Å². The topological polar surface area (TPSA) is 49.8 Å². The Morgan fingerprint density at radius 1 is 1.32 bits per heavy atom. The molecule has 0 unspecified atom stereocenters. The van der Waals surface area contributed by atoms with Crippen LogP contribution in [0.4, 0.5) is 5.69 Å². The molecule has 102 valence electrons. The van der Waals surface area contributed by atoms with Gasteiger partial charge in [0.15, 0.2) is 6.61 Å². The first kappa shape index (κ1) is 12.3. The third-order valence-electron chi connectivity index (χ3n) is 4.26. The summed E-state index contributed by atoms with van der Waals surface area (Å²) in [6.45, 7) is 1.98. The SMILES string of the molecule is O=C(O)COc1cccc(N2CC3(CCCC3)C2)c1. The van der Waals surface area contributed by atoms with E-state index >= 15 is 0 Å². The van der Waals surface area contributed by atoms with Crippen LogP contribution in [-0.4, -0.2) is 30.8 Å². The number of benzene rings is 1. The Kier molecular flexibility index (Phi) is 3.09. The number of anilines is 1. The fourth-order valence-corrected chi connectivity index (χ4v) is 3.30. The molecule has 0 radical (unpaired) electrons. The Hall–Kier alpha value is -1.71. The number of rotatable bonds is 4. The van der Waals surface area contributed by atoms with E-state index in [0.29, 0.717) is 11.2 Å². The third-order valence-corrected chi connectivity index (χ3v) is 4.26. The van der Waals surface area contributed by atoms with E-state index in [2.05, 4.69) is 11.0 Å². The zero-order valence-corrected chi connectivity index (χ0v) is 11.0. The zero-order chi connectivity index (χ0) is 13.3. The van der Waals surface area contributed by atoms with Gasteiger partial charge in [-0.3, -0.25) is 0 Å². The summed E-state index contributed by atoms with van der Waals surface area (Å²) < 4.78 is 5.22. The van der Waals surface area contributed by atoms with Gasteiger partial charge in [0.05, 0.1) is 0 Å². The van der Waals surface area contributed by atoms with Crippen molar-refractivity contribution >= 4 is 11.7 Å². The summed E-state index contributed by atoms with van der Waals surface area (Å²) in [5.41, 5.74) is 1.71. The van der Waals surface area contributed by atoms with Crippen molar-refractivity contribution in [3.63, 3.8) is 0 Å². The molecule has 0 aromatic heterocycles. The van der Waals surface area contributed by atoms with Crippen LogP contribution in [-0.2, 0) is 4.79 Å². The molecule has 0 amide bonds. The second kappa shape index (κ2) is 4.76. The Labute approximate surface area is 113 Å². The Balaban J connectivity index is 1.62. The van der Waals surface area contributed by atoms with Gasteiger partial charge in [0.1, 0.15) is 5.75 Å². The van der Waals surface area contributed by atoms with Gasteiger partial charge < -0.3 is 14.7 Å². The average molecular weight is 261 g/mol. The van der Waals surface area contributed by atoms with Gasteiger partial charge in [0.2, 0.25) is 0 Å². The van der Waals surface area contributed by atoms with Crippen molar-refractivity contribution in [1.29, 1.82) is 0 Å². The first-order valence-corrected chi connectivity index (χ1v) is 6.87. The van der Waals surface area contributed by atoms with Crippen molar-refractivity contribution < 1.29 is 14.6 Å². The molecule has 1 N–H and O–H groups in total. The van der Waals surface area contributed by atoms with Gasteiger partial charge in [-0.2, -0.15) is 0 Å². The minimum absolute atomic E-state index is 0.284. The van der Waals surface area contributed by atoms with Crippen molar-refractivity contribution in [2.24, 2.45) is 5.41 Å². The van der Waals surface area contributed by atoms with Crippen LogP contribution in [0.25, 0.3) is 0 Å². The third kappa shape index (κ3) is 2.53. The molecule has 2 fully saturated rings. The van der Waals surface area contributed by atoms with E-state index in [0.717, 1.165) is 18.8 Å². The summed E-state index contributed by atoms with van der Waals surface area (Å²) in [4.78, 5) is 12.9. The number of carboxylic acid groups (broad SMARTS) is 1. The van der Waals surface area contributed by atoms with E-state index in [9.17, 15) is 4.79 Å². The van der Waals surface area contributed by atoms with E-state index in [1.54, 1.807) is 6.07 Å². The maximum atomic E-state index is 10.5. The molecule has 1 aliphatic heterocycles. The Morgan fingerprint density at radius 2 is 2.05 bits per heavy atom. The second-order valence-electron chi connectivity index (χ2n) is 5.74. The molecule has 3 rings (SSSR count). The van der Waals surface area contributed by atoms with Crippen molar-refractivity contribution in [3.05, 3.63) is 24.3 Å². The minimum Gasteiger partial charge on any atom is -0.482 e. The lowest BCUT2D eigenvalue weighted by molar-refractivity contribution is -0.139. The number of carboxylic acids is 1.